The predicted octanol–water partition coefficient (Wildman–Crippen LogP) is 2.74. The van der Waals surface area contributed by atoms with Crippen LogP contribution in [-0.4, -0.2) is 59.7 Å². The molecule has 4 rings (SSSR count). The third-order valence-electron chi connectivity index (χ3n) is 6.16. The molecule has 0 spiro atoms. The van der Waals surface area contributed by atoms with Crippen molar-refractivity contribution >= 4 is 12.0 Å². The molecule has 1 N–H and O–H groups in total. The van der Waals surface area contributed by atoms with E-state index in [4.69, 9.17) is 9.72 Å². The SMILES string of the molecule is C[C@@H]1CCCC[C@@H]1NC(=O)N1CCO[C@@H](c2ccnc(N3CCCC3)n2)C1. The van der Waals surface area contributed by atoms with Gasteiger partial charge in [-0.1, -0.05) is 19.8 Å². The fourth-order valence-electron chi connectivity index (χ4n) is 4.40. The summed E-state index contributed by atoms with van der Waals surface area (Å²) in [7, 11) is 0. The van der Waals surface area contributed by atoms with Crippen LogP contribution in [-0.2, 0) is 4.74 Å². The number of nitrogens with zero attached hydrogens (tertiary/aromatic N) is 4. The predicted molar refractivity (Wildman–Crippen MR) is 104 cm³/mol. The van der Waals surface area contributed by atoms with Gasteiger partial charge in [-0.15, -0.1) is 0 Å². The summed E-state index contributed by atoms with van der Waals surface area (Å²) in [5.74, 6) is 1.34. The Morgan fingerprint density at radius 2 is 2.00 bits per heavy atom. The number of anilines is 1. The van der Waals surface area contributed by atoms with E-state index in [-0.39, 0.29) is 12.1 Å². The summed E-state index contributed by atoms with van der Waals surface area (Å²) in [4.78, 5) is 26.0. The van der Waals surface area contributed by atoms with Crippen LogP contribution in [0.2, 0.25) is 0 Å². The number of urea groups is 1. The lowest BCUT2D eigenvalue weighted by Crippen LogP contribution is -2.51. The Morgan fingerprint density at radius 1 is 1.19 bits per heavy atom. The lowest BCUT2D eigenvalue weighted by molar-refractivity contribution is -0.0183. The molecule has 0 aromatic carbocycles. The molecule has 27 heavy (non-hydrogen) atoms. The van der Waals surface area contributed by atoms with Crippen LogP contribution < -0.4 is 10.2 Å². The maximum atomic E-state index is 12.8. The van der Waals surface area contributed by atoms with E-state index < -0.39 is 0 Å². The number of carbonyl (C=O) groups excluding carboxylic acids is 1. The van der Waals surface area contributed by atoms with Crippen LogP contribution in [0.5, 0.6) is 0 Å². The molecule has 0 unspecified atom stereocenters. The number of hydrogen-bond acceptors (Lipinski definition) is 5. The smallest absolute Gasteiger partial charge is 0.317 e. The van der Waals surface area contributed by atoms with Crippen molar-refractivity contribution in [1.82, 2.24) is 20.2 Å². The molecule has 3 aliphatic rings. The molecule has 148 valence electrons. The second-order valence-electron chi connectivity index (χ2n) is 8.10. The number of morpholine rings is 1. The van der Waals surface area contributed by atoms with Gasteiger partial charge in [0.1, 0.15) is 6.10 Å². The van der Waals surface area contributed by atoms with Gasteiger partial charge >= 0.3 is 6.03 Å². The molecule has 1 aliphatic carbocycles. The Hall–Kier alpha value is -1.89. The van der Waals surface area contributed by atoms with Gasteiger partial charge in [0.15, 0.2) is 0 Å². The quantitative estimate of drug-likeness (QED) is 0.882. The lowest BCUT2D eigenvalue weighted by atomic mass is 9.86. The zero-order valence-corrected chi connectivity index (χ0v) is 16.3. The standard InChI is InChI=1S/C20H31N5O2/c1-15-6-2-3-7-16(15)23-20(26)25-12-13-27-18(14-25)17-8-9-21-19(22-17)24-10-4-5-11-24/h8-9,15-16,18H,2-7,10-14H2,1H3,(H,23,26)/t15-,16+,18-/m1/s1. The van der Waals surface area contributed by atoms with E-state index in [1.165, 1.54) is 32.1 Å². The number of carbonyl (C=O) groups is 1. The van der Waals surface area contributed by atoms with Gasteiger partial charge in [0.05, 0.1) is 18.8 Å². The average molecular weight is 374 g/mol. The molecule has 7 nitrogen and oxygen atoms in total. The van der Waals surface area contributed by atoms with Gasteiger partial charge in [-0.2, -0.15) is 0 Å². The van der Waals surface area contributed by atoms with E-state index in [9.17, 15) is 4.79 Å². The monoisotopic (exact) mass is 373 g/mol. The molecule has 3 heterocycles. The van der Waals surface area contributed by atoms with Gasteiger partial charge in [0.2, 0.25) is 5.95 Å². The van der Waals surface area contributed by atoms with Gasteiger partial charge in [0.25, 0.3) is 0 Å². The highest BCUT2D eigenvalue weighted by molar-refractivity contribution is 5.74. The maximum Gasteiger partial charge on any atom is 0.317 e. The molecule has 1 aromatic heterocycles. The minimum absolute atomic E-state index is 0.0378. The molecule has 2 amide bonds. The maximum absolute atomic E-state index is 12.8. The third kappa shape index (κ3) is 4.34. The number of hydrogen-bond donors (Lipinski definition) is 1. The minimum Gasteiger partial charge on any atom is -0.368 e. The molecule has 7 heteroatoms. The van der Waals surface area contributed by atoms with Crippen LogP contribution in [0.1, 0.15) is 57.2 Å². The van der Waals surface area contributed by atoms with Crippen molar-refractivity contribution in [3.8, 4) is 0 Å². The number of nitrogens with one attached hydrogen (secondary N) is 1. The largest absolute Gasteiger partial charge is 0.368 e. The Bertz CT molecular complexity index is 649. The van der Waals surface area contributed by atoms with Gasteiger partial charge in [0, 0.05) is 31.9 Å². The van der Waals surface area contributed by atoms with E-state index in [1.54, 1.807) is 0 Å². The first-order valence-corrected chi connectivity index (χ1v) is 10.5. The van der Waals surface area contributed by atoms with Crippen molar-refractivity contribution in [2.45, 2.75) is 57.6 Å². The Balaban J connectivity index is 1.39. The van der Waals surface area contributed by atoms with Crippen molar-refractivity contribution in [2.24, 2.45) is 5.92 Å². The highest BCUT2D eigenvalue weighted by atomic mass is 16.5. The first kappa shape index (κ1) is 18.5. The van der Waals surface area contributed by atoms with E-state index in [0.717, 1.165) is 31.2 Å². The molecule has 3 fully saturated rings. The van der Waals surface area contributed by atoms with Crippen molar-refractivity contribution in [2.75, 3.05) is 37.7 Å². The second kappa shape index (κ2) is 8.42. The van der Waals surface area contributed by atoms with Crippen LogP contribution in [0, 0.1) is 5.92 Å². The van der Waals surface area contributed by atoms with Crippen molar-refractivity contribution in [1.29, 1.82) is 0 Å². The van der Waals surface area contributed by atoms with Gasteiger partial charge in [-0.3, -0.25) is 0 Å². The normalized spacial score (nSPS) is 29.0. The van der Waals surface area contributed by atoms with Crippen LogP contribution >= 0.6 is 0 Å². The topological polar surface area (TPSA) is 70.6 Å². The van der Waals surface area contributed by atoms with Crippen LogP contribution in [0.15, 0.2) is 12.3 Å². The molecular weight excluding hydrogens is 342 g/mol. The molecule has 1 aromatic rings. The lowest BCUT2D eigenvalue weighted by Gasteiger charge is -2.36. The molecule has 3 atom stereocenters. The molecule has 2 aliphatic heterocycles. The Labute approximate surface area is 161 Å². The third-order valence-corrected chi connectivity index (χ3v) is 6.16. The summed E-state index contributed by atoms with van der Waals surface area (Å²) in [6.07, 6.45) is 8.80. The number of aromatic nitrogens is 2. The zero-order valence-electron chi connectivity index (χ0n) is 16.3. The van der Waals surface area contributed by atoms with Crippen LogP contribution in [0.25, 0.3) is 0 Å². The minimum atomic E-state index is -0.183. The van der Waals surface area contributed by atoms with Gasteiger partial charge < -0.3 is 19.9 Å². The first-order valence-electron chi connectivity index (χ1n) is 10.5. The summed E-state index contributed by atoms with van der Waals surface area (Å²) >= 11 is 0. The fraction of sp³-hybridized carbons (Fsp3) is 0.750. The zero-order chi connectivity index (χ0) is 18.6. The summed E-state index contributed by atoms with van der Waals surface area (Å²) in [5.41, 5.74) is 0.871. The number of ether oxygens (including phenoxy) is 1. The number of rotatable bonds is 3. The van der Waals surface area contributed by atoms with E-state index in [1.807, 2.05) is 17.2 Å². The van der Waals surface area contributed by atoms with Crippen molar-refractivity contribution in [3.63, 3.8) is 0 Å². The van der Waals surface area contributed by atoms with E-state index >= 15 is 0 Å². The molecular formula is C20H31N5O2. The average Bonchev–Trinajstić information content (AvgIpc) is 3.25. The molecule has 1 saturated carbocycles. The molecule has 0 bridgehead atoms. The fourth-order valence-corrected chi connectivity index (χ4v) is 4.40. The van der Waals surface area contributed by atoms with E-state index in [2.05, 4.69) is 22.1 Å². The van der Waals surface area contributed by atoms with Crippen LogP contribution in [0.4, 0.5) is 10.7 Å². The second-order valence-corrected chi connectivity index (χ2v) is 8.10. The summed E-state index contributed by atoms with van der Waals surface area (Å²) < 4.78 is 5.94. The molecule has 0 radical (unpaired) electrons. The highest BCUT2D eigenvalue weighted by Crippen LogP contribution is 2.26. The van der Waals surface area contributed by atoms with Crippen molar-refractivity contribution in [3.05, 3.63) is 18.0 Å². The Morgan fingerprint density at radius 3 is 2.81 bits per heavy atom. The summed E-state index contributed by atoms with van der Waals surface area (Å²) in [6, 6.07) is 2.25. The summed E-state index contributed by atoms with van der Waals surface area (Å²) in [5, 5.41) is 3.26. The summed E-state index contributed by atoms with van der Waals surface area (Å²) in [6.45, 7) is 6.00. The van der Waals surface area contributed by atoms with Gasteiger partial charge in [-0.05, 0) is 37.7 Å². The van der Waals surface area contributed by atoms with Crippen molar-refractivity contribution < 1.29 is 9.53 Å². The van der Waals surface area contributed by atoms with Gasteiger partial charge in [-0.25, -0.2) is 14.8 Å². The number of amides is 2. The highest BCUT2D eigenvalue weighted by Gasteiger charge is 2.30. The Kier molecular flexibility index (Phi) is 5.76. The first-order chi connectivity index (χ1) is 13.2. The van der Waals surface area contributed by atoms with Crippen LogP contribution in [0.3, 0.4) is 0 Å². The van der Waals surface area contributed by atoms with E-state index in [0.29, 0.717) is 31.7 Å². The molecule has 2 saturated heterocycles.